The molecule has 1 aliphatic heterocycles. The minimum atomic E-state index is -0.0134. The number of hydrogen-bond donors (Lipinski definition) is 2. The van der Waals surface area contributed by atoms with E-state index in [9.17, 15) is 4.79 Å². The van der Waals surface area contributed by atoms with Crippen molar-refractivity contribution in [1.29, 1.82) is 0 Å². The molecule has 0 spiro atoms. The molecule has 0 aromatic rings. The van der Waals surface area contributed by atoms with E-state index in [4.69, 9.17) is 4.74 Å². The fraction of sp³-hybridized carbons (Fsp3) is 0.929. The van der Waals surface area contributed by atoms with Crippen LogP contribution in [-0.4, -0.2) is 63.8 Å². The zero-order valence-corrected chi connectivity index (χ0v) is 12.6. The summed E-state index contributed by atoms with van der Waals surface area (Å²) in [5.74, 6) is 0.808. The zero-order chi connectivity index (χ0) is 14.1. The van der Waals surface area contributed by atoms with Gasteiger partial charge in [0.2, 0.25) is 5.91 Å². The Labute approximate surface area is 117 Å². The van der Waals surface area contributed by atoms with E-state index in [0.717, 1.165) is 19.5 Å². The molecule has 112 valence electrons. The lowest BCUT2D eigenvalue weighted by Crippen LogP contribution is -2.49. The van der Waals surface area contributed by atoms with Crippen LogP contribution in [0, 0.1) is 5.92 Å². The van der Waals surface area contributed by atoms with E-state index >= 15 is 0 Å². The predicted octanol–water partition coefficient (Wildman–Crippen LogP) is 0.459. The van der Waals surface area contributed by atoms with Gasteiger partial charge in [0.15, 0.2) is 0 Å². The smallest absolute Gasteiger partial charge is 0.237 e. The molecule has 0 radical (unpaired) electrons. The largest absolute Gasteiger partial charge is 0.378 e. The predicted molar refractivity (Wildman–Crippen MR) is 77.2 cm³/mol. The molecule has 0 saturated carbocycles. The number of carbonyl (C=O) groups is 1. The molecule has 1 aliphatic rings. The summed E-state index contributed by atoms with van der Waals surface area (Å²) in [6.45, 7) is 5.96. The molecule has 0 aromatic carbocycles. The summed E-state index contributed by atoms with van der Waals surface area (Å²) in [4.78, 5) is 14.0. The van der Waals surface area contributed by atoms with Crippen molar-refractivity contribution in [2.75, 3.05) is 46.9 Å². The minimum absolute atomic E-state index is 0.0134. The molecular formula is C14H29N3O2. The standard InChI is InChI=1S/C14H29N3O2/c1-4-12-5-6-15-13(11-12)14(18)16-7-9-19-10-8-17(2)3/h12-13,15H,4-11H2,1-3H3,(H,16,18). The lowest BCUT2D eigenvalue weighted by atomic mass is 9.90. The number of likely N-dealkylation sites (N-methyl/N-ethyl adjacent to an activating group) is 1. The Hall–Kier alpha value is -0.650. The highest BCUT2D eigenvalue weighted by Crippen LogP contribution is 2.19. The second kappa shape index (κ2) is 9.28. The number of ether oxygens (including phenoxy) is 1. The van der Waals surface area contributed by atoms with Crippen LogP contribution in [-0.2, 0) is 9.53 Å². The van der Waals surface area contributed by atoms with Crippen molar-refractivity contribution < 1.29 is 9.53 Å². The molecule has 2 unspecified atom stereocenters. The van der Waals surface area contributed by atoms with Crippen LogP contribution in [0.15, 0.2) is 0 Å². The summed E-state index contributed by atoms with van der Waals surface area (Å²) in [7, 11) is 4.04. The Bertz CT molecular complexity index is 259. The van der Waals surface area contributed by atoms with E-state index in [-0.39, 0.29) is 11.9 Å². The van der Waals surface area contributed by atoms with Crippen LogP contribution >= 0.6 is 0 Å². The average Bonchev–Trinajstić information content (AvgIpc) is 2.42. The first-order valence-corrected chi connectivity index (χ1v) is 7.37. The first-order chi connectivity index (χ1) is 9.13. The Balaban J connectivity index is 2.07. The van der Waals surface area contributed by atoms with Crippen LogP contribution in [0.25, 0.3) is 0 Å². The molecular weight excluding hydrogens is 242 g/mol. The van der Waals surface area contributed by atoms with Gasteiger partial charge in [0, 0.05) is 13.1 Å². The van der Waals surface area contributed by atoms with Crippen molar-refractivity contribution in [1.82, 2.24) is 15.5 Å². The second-order valence-electron chi connectivity index (χ2n) is 5.51. The summed E-state index contributed by atoms with van der Waals surface area (Å²) < 4.78 is 5.45. The maximum atomic E-state index is 12.0. The SMILES string of the molecule is CCC1CCNC(C(=O)NCCOCCN(C)C)C1. The molecule has 0 aliphatic carbocycles. The van der Waals surface area contributed by atoms with Crippen molar-refractivity contribution in [2.45, 2.75) is 32.2 Å². The first kappa shape index (κ1) is 16.4. The van der Waals surface area contributed by atoms with Crippen LogP contribution < -0.4 is 10.6 Å². The van der Waals surface area contributed by atoms with Gasteiger partial charge in [-0.2, -0.15) is 0 Å². The summed E-state index contributed by atoms with van der Waals surface area (Å²) in [6, 6.07) is -0.0134. The number of hydrogen-bond acceptors (Lipinski definition) is 4. The number of carbonyl (C=O) groups excluding carboxylic acids is 1. The van der Waals surface area contributed by atoms with Gasteiger partial charge < -0.3 is 20.3 Å². The van der Waals surface area contributed by atoms with Gasteiger partial charge in [-0.1, -0.05) is 13.3 Å². The summed E-state index contributed by atoms with van der Waals surface area (Å²) in [5.41, 5.74) is 0. The van der Waals surface area contributed by atoms with Crippen molar-refractivity contribution in [2.24, 2.45) is 5.92 Å². The third-order valence-electron chi connectivity index (χ3n) is 3.63. The van der Waals surface area contributed by atoms with Gasteiger partial charge >= 0.3 is 0 Å². The quantitative estimate of drug-likeness (QED) is 0.630. The summed E-state index contributed by atoms with van der Waals surface area (Å²) >= 11 is 0. The van der Waals surface area contributed by atoms with Gasteiger partial charge in [0.25, 0.3) is 0 Å². The van der Waals surface area contributed by atoms with Crippen molar-refractivity contribution in [3.8, 4) is 0 Å². The minimum Gasteiger partial charge on any atom is -0.378 e. The molecule has 0 aromatic heterocycles. The maximum Gasteiger partial charge on any atom is 0.237 e. The molecule has 1 heterocycles. The highest BCUT2D eigenvalue weighted by Gasteiger charge is 2.25. The van der Waals surface area contributed by atoms with Gasteiger partial charge in [-0.25, -0.2) is 0 Å². The van der Waals surface area contributed by atoms with Crippen molar-refractivity contribution >= 4 is 5.91 Å². The number of amides is 1. The van der Waals surface area contributed by atoms with Gasteiger partial charge in [-0.3, -0.25) is 4.79 Å². The molecule has 2 atom stereocenters. The lowest BCUT2D eigenvalue weighted by Gasteiger charge is -2.28. The molecule has 19 heavy (non-hydrogen) atoms. The molecule has 5 nitrogen and oxygen atoms in total. The third kappa shape index (κ3) is 6.89. The van der Waals surface area contributed by atoms with Crippen LogP contribution in [0.5, 0.6) is 0 Å². The van der Waals surface area contributed by atoms with E-state index in [1.807, 2.05) is 14.1 Å². The molecule has 2 N–H and O–H groups in total. The molecule has 1 saturated heterocycles. The second-order valence-corrected chi connectivity index (χ2v) is 5.51. The topological polar surface area (TPSA) is 53.6 Å². The first-order valence-electron chi connectivity index (χ1n) is 7.37. The van der Waals surface area contributed by atoms with Gasteiger partial charge in [0.05, 0.1) is 19.3 Å². The Morgan fingerprint density at radius 2 is 2.21 bits per heavy atom. The highest BCUT2D eigenvalue weighted by atomic mass is 16.5. The monoisotopic (exact) mass is 271 g/mol. The van der Waals surface area contributed by atoms with E-state index in [1.54, 1.807) is 0 Å². The van der Waals surface area contributed by atoms with Gasteiger partial charge in [0.1, 0.15) is 0 Å². The van der Waals surface area contributed by atoms with Crippen LogP contribution in [0.3, 0.4) is 0 Å². The lowest BCUT2D eigenvalue weighted by molar-refractivity contribution is -0.124. The molecule has 5 heteroatoms. The number of piperidine rings is 1. The van der Waals surface area contributed by atoms with E-state index in [2.05, 4.69) is 22.5 Å². The van der Waals surface area contributed by atoms with Crippen LogP contribution in [0.1, 0.15) is 26.2 Å². The Morgan fingerprint density at radius 1 is 1.42 bits per heavy atom. The number of nitrogens with zero attached hydrogens (tertiary/aromatic N) is 1. The van der Waals surface area contributed by atoms with Crippen LogP contribution in [0.2, 0.25) is 0 Å². The third-order valence-corrected chi connectivity index (χ3v) is 3.63. The van der Waals surface area contributed by atoms with E-state index < -0.39 is 0 Å². The molecule has 1 amide bonds. The number of rotatable bonds is 8. The summed E-state index contributed by atoms with van der Waals surface area (Å²) in [5, 5.41) is 6.24. The zero-order valence-electron chi connectivity index (χ0n) is 12.6. The molecule has 1 rings (SSSR count). The summed E-state index contributed by atoms with van der Waals surface area (Å²) in [6.07, 6.45) is 3.32. The van der Waals surface area contributed by atoms with Gasteiger partial charge in [-0.05, 0) is 39.4 Å². The maximum absolute atomic E-state index is 12.0. The normalized spacial score (nSPS) is 23.6. The van der Waals surface area contributed by atoms with Crippen LogP contribution in [0.4, 0.5) is 0 Å². The highest BCUT2D eigenvalue weighted by molar-refractivity contribution is 5.81. The fourth-order valence-corrected chi connectivity index (χ4v) is 2.29. The van der Waals surface area contributed by atoms with Crippen molar-refractivity contribution in [3.05, 3.63) is 0 Å². The number of nitrogens with one attached hydrogen (secondary N) is 2. The molecule has 1 fully saturated rings. The Kier molecular flexibility index (Phi) is 8.02. The molecule has 0 bridgehead atoms. The average molecular weight is 271 g/mol. The Morgan fingerprint density at radius 3 is 2.89 bits per heavy atom. The van der Waals surface area contributed by atoms with E-state index in [1.165, 1.54) is 12.8 Å². The van der Waals surface area contributed by atoms with Crippen molar-refractivity contribution in [3.63, 3.8) is 0 Å². The fourth-order valence-electron chi connectivity index (χ4n) is 2.29. The van der Waals surface area contributed by atoms with Gasteiger partial charge in [-0.15, -0.1) is 0 Å². The van der Waals surface area contributed by atoms with E-state index in [0.29, 0.717) is 25.7 Å².